The van der Waals surface area contributed by atoms with E-state index in [4.69, 9.17) is 4.74 Å². The molecule has 8 nitrogen and oxygen atoms in total. The zero-order valence-electron chi connectivity index (χ0n) is 18.6. The van der Waals surface area contributed by atoms with Crippen LogP contribution in [-0.4, -0.2) is 55.0 Å². The number of sulfone groups is 1. The van der Waals surface area contributed by atoms with Crippen LogP contribution in [0.5, 0.6) is 0 Å². The molecule has 3 rings (SSSR count). The average molecular weight is 463 g/mol. The number of carbonyl (C=O) groups excluding carboxylic acids is 2. The summed E-state index contributed by atoms with van der Waals surface area (Å²) < 4.78 is 31.7. The Morgan fingerprint density at radius 3 is 2.34 bits per heavy atom. The average Bonchev–Trinajstić information content (AvgIpc) is 2.75. The van der Waals surface area contributed by atoms with Crippen LogP contribution in [0.25, 0.3) is 10.8 Å². The zero-order valence-corrected chi connectivity index (χ0v) is 19.4. The van der Waals surface area contributed by atoms with Crippen molar-refractivity contribution in [2.75, 3.05) is 18.8 Å². The van der Waals surface area contributed by atoms with Crippen molar-refractivity contribution in [3.05, 3.63) is 42.5 Å². The van der Waals surface area contributed by atoms with Crippen molar-refractivity contribution in [3.8, 4) is 0 Å². The van der Waals surface area contributed by atoms with Gasteiger partial charge in [-0.2, -0.15) is 0 Å². The van der Waals surface area contributed by atoms with E-state index in [1.165, 1.54) is 6.07 Å². The molecule has 1 aliphatic heterocycles. The first-order chi connectivity index (χ1) is 15.0. The van der Waals surface area contributed by atoms with Crippen LogP contribution in [0.15, 0.2) is 47.4 Å². The molecule has 1 fully saturated rings. The summed E-state index contributed by atoms with van der Waals surface area (Å²) in [7, 11) is -3.79. The van der Waals surface area contributed by atoms with Crippen molar-refractivity contribution in [1.82, 2.24) is 10.4 Å². The van der Waals surface area contributed by atoms with Crippen LogP contribution < -0.4 is 5.48 Å². The summed E-state index contributed by atoms with van der Waals surface area (Å²) in [4.78, 5) is 26.4. The quantitative estimate of drug-likeness (QED) is 0.520. The summed E-state index contributed by atoms with van der Waals surface area (Å²) in [5.41, 5.74) is 1.01. The van der Waals surface area contributed by atoms with Crippen LogP contribution >= 0.6 is 0 Å². The second-order valence-corrected chi connectivity index (χ2v) is 11.2. The minimum atomic E-state index is -3.79. The number of ether oxygens (including phenoxy) is 1. The molecule has 1 aliphatic rings. The molecule has 0 radical (unpaired) electrons. The third kappa shape index (κ3) is 5.77. The fraction of sp³-hybridized carbons (Fsp3) is 0.478. The Hall–Kier alpha value is -2.65. The first-order valence-electron chi connectivity index (χ1n) is 10.6. The highest BCUT2D eigenvalue weighted by Gasteiger charge is 2.37. The third-order valence-corrected chi connectivity index (χ3v) is 7.46. The van der Waals surface area contributed by atoms with Gasteiger partial charge in [0.25, 0.3) is 0 Å². The number of hydrogen-bond donors (Lipinski definition) is 2. The van der Waals surface area contributed by atoms with Gasteiger partial charge in [-0.25, -0.2) is 18.7 Å². The maximum Gasteiger partial charge on any atom is 0.410 e. The van der Waals surface area contributed by atoms with Crippen molar-refractivity contribution in [2.45, 2.75) is 44.1 Å². The molecule has 1 heterocycles. The molecule has 0 aliphatic carbocycles. The maximum absolute atomic E-state index is 13.1. The lowest BCUT2D eigenvalue weighted by molar-refractivity contribution is -0.134. The highest BCUT2D eigenvalue weighted by molar-refractivity contribution is 7.91. The highest BCUT2D eigenvalue weighted by Crippen LogP contribution is 2.30. The Morgan fingerprint density at radius 2 is 1.75 bits per heavy atom. The third-order valence-electron chi connectivity index (χ3n) is 5.69. The SMILES string of the molecule is CC(C)(C)OC(=O)N1CCC([C@@H](CS(=O)(=O)c2ccc3ccccc3c2)C(=O)NO)CC1. The standard InChI is InChI=1S/C23H30N2O6S/c1-23(2,3)31-22(27)25-12-10-17(11-13-25)20(21(26)24-28)15-32(29,30)19-9-8-16-6-4-5-7-18(16)14-19/h4-9,14,17,20,28H,10-13,15H2,1-3H3,(H,24,26)/t20-/m1/s1. The Labute approximate surface area is 188 Å². The van der Waals surface area contributed by atoms with Gasteiger partial charge in [-0.05, 0) is 62.4 Å². The molecule has 1 atom stereocenters. The highest BCUT2D eigenvalue weighted by atomic mass is 32.2. The van der Waals surface area contributed by atoms with Gasteiger partial charge in [0.2, 0.25) is 5.91 Å². The predicted molar refractivity (Wildman–Crippen MR) is 120 cm³/mol. The first kappa shape index (κ1) is 24.0. The largest absolute Gasteiger partial charge is 0.444 e. The summed E-state index contributed by atoms with van der Waals surface area (Å²) in [6.45, 7) is 6.07. The van der Waals surface area contributed by atoms with Crippen LogP contribution in [0.4, 0.5) is 4.79 Å². The van der Waals surface area contributed by atoms with E-state index in [-0.39, 0.29) is 10.8 Å². The number of fused-ring (bicyclic) bond motifs is 1. The van der Waals surface area contributed by atoms with Crippen LogP contribution in [0.3, 0.4) is 0 Å². The van der Waals surface area contributed by atoms with E-state index in [9.17, 15) is 23.2 Å². The van der Waals surface area contributed by atoms with Crippen molar-refractivity contribution < 1.29 is 28.0 Å². The van der Waals surface area contributed by atoms with E-state index in [0.717, 1.165) is 10.8 Å². The molecule has 2 aromatic rings. The molecule has 2 amide bonds. The lowest BCUT2D eigenvalue weighted by atomic mass is 9.85. The van der Waals surface area contributed by atoms with Gasteiger partial charge < -0.3 is 9.64 Å². The minimum absolute atomic E-state index is 0.137. The molecule has 0 spiro atoms. The number of piperidine rings is 1. The van der Waals surface area contributed by atoms with Gasteiger partial charge in [-0.3, -0.25) is 10.0 Å². The molecule has 1 saturated heterocycles. The number of hydroxylamine groups is 1. The number of hydrogen-bond acceptors (Lipinski definition) is 6. The normalized spacial score (nSPS) is 16.6. The Balaban J connectivity index is 1.74. The second-order valence-electron chi connectivity index (χ2n) is 9.18. The van der Waals surface area contributed by atoms with Gasteiger partial charge in [0.05, 0.1) is 16.6 Å². The number of carbonyl (C=O) groups is 2. The summed E-state index contributed by atoms with van der Waals surface area (Å²) in [6.07, 6.45) is 0.442. The molecule has 2 aromatic carbocycles. The van der Waals surface area contributed by atoms with Crippen molar-refractivity contribution in [1.29, 1.82) is 0 Å². The summed E-state index contributed by atoms with van der Waals surface area (Å²) in [6, 6.07) is 12.3. The van der Waals surface area contributed by atoms with Gasteiger partial charge in [0.1, 0.15) is 5.60 Å². The zero-order chi connectivity index (χ0) is 23.5. The molecule has 0 bridgehead atoms. The van der Waals surface area contributed by atoms with E-state index in [1.807, 2.05) is 24.3 Å². The van der Waals surface area contributed by atoms with Crippen LogP contribution in [0.1, 0.15) is 33.6 Å². The number of amides is 2. The molecule has 32 heavy (non-hydrogen) atoms. The summed E-state index contributed by atoms with van der Waals surface area (Å²) >= 11 is 0. The lowest BCUT2D eigenvalue weighted by Crippen LogP contribution is -2.46. The second kappa shape index (κ2) is 9.46. The summed E-state index contributed by atoms with van der Waals surface area (Å²) in [5.74, 6) is -2.38. The topological polar surface area (TPSA) is 113 Å². The molecular formula is C23H30N2O6S. The van der Waals surface area contributed by atoms with Crippen molar-refractivity contribution in [2.24, 2.45) is 11.8 Å². The fourth-order valence-corrected chi connectivity index (χ4v) is 5.68. The maximum atomic E-state index is 13.1. The number of likely N-dealkylation sites (tertiary alicyclic amines) is 1. The summed E-state index contributed by atoms with van der Waals surface area (Å²) in [5, 5.41) is 10.9. The van der Waals surface area contributed by atoms with E-state index in [2.05, 4.69) is 0 Å². The number of nitrogens with zero attached hydrogens (tertiary/aromatic N) is 1. The number of nitrogens with one attached hydrogen (secondary N) is 1. The molecule has 174 valence electrons. The Kier molecular flexibility index (Phi) is 7.09. The minimum Gasteiger partial charge on any atom is -0.444 e. The smallest absolute Gasteiger partial charge is 0.410 e. The van der Waals surface area contributed by atoms with E-state index < -0.39 is 39.1 Å². The van der Waals surface area contributed by atoms with Gasteiger partial charge in [0.15, 0.2) is 9.84 Å². The molecule has 0 aromatic heterocycles. The molecular weight excluding hydrogens is 432 g/mol. The molecule has 9 heteroatoms. The van der Waals surface area contributed by atoms with Gasteiger partial charge >= 0.3 is 6.09 Å². The number of rotatable bonds is 5. The van der Waals surface area contributed by atoms with Crippen LogP contribution in [0.2, 0.25) is 0 Å². The lowest BCUT2D eigenvalue weighted by Gasteiger charge is -2.35. The Bertz CT molecular complexity index is 1090. The van der Waals surface area contributed by atoms with Gasteiger partial charge in [-0.15, -0.1) is 0 Å². The Morgan fingerprint density at radius 1 is 1.12 bits per heavy atom. The van der Waals surface area contributed by atoms with Crippen molar-refractivity contribution >= 4 is 32.6 Å². The van der Waals surface area contributed by atoms with Gasteiger partial charge in [-0.1, -0.05) is 30.3 Å². The molecule has 0 saturated carbocycles. The van der Waals surface area contributed by atoms with E-state index in [0.29, 0.717) is 25.9 Å². The van der Waals surface area contributed by atoms with Crippen LogP contribution in [0, 0.1) is 11.8 Å². The van der Waals surface area contributed by atoms with E-state index in [1.54, 1.807) is 43.3 Å². The fourth-order valence-electron chi connectivity index (χ4n) is 4.01. The molecule has 2 N–H and O–H groups in total. The molecule has 0 unspecified atom stereocenters. The van der Waals surface area contributed by atoms with Gasteiger partial charge in [0, 0.05) is 13.1 Å². The van der Waals surface area contributed by atoms with Crippen LogP contribution in [-0.2, 0) is 19.4 Å². The first-order valence-corrected chi connectivity index (χ1v) is 12.3. The van der Waals surface area contributed by atoms with E-state index >= 15 is 0 Å². The predicted octanol–water partition coefficient (Wildman–Crippen LogP) is 3.38. The number of benzene rings is 2. The van der Waals surface area contributed by atoms with Crippen molar-refractivity contribution in [3.63, 3.8) is 0 Å². The monoisotopic (exact) mass is 462 g/mol.